The molecule has 0 bridgehead atoms. The summed E-state index contributed by atoms with van der Waals surface area (Å²) in [6.07, 6.45) is 0. The van der Waals surface area contributed by atoms with Crippen molar-refractivity contribution in [3.8, 4) is 0 Å². The zero-order valence-electron chi connectivity index (χ0n) is 12.1. The molecule has 1 aromatic rings. The molecule has 2 unspecified atom stereocenters. The number of nitrogens with one attached hydrogen (secondary N) is 1. The van der Waals surface area contributed by atoms with Crippen LogP contribution < -0.4 is 10.2 Å². The van der Waals surface area contributed by atoms with Crippen LogP contribution in [0, 0.1) is 11.7 Å². The molecule has 0 spiro atoms. The van der Waals surface area contributed by atoms with E-state index in [0.29, 0.717) is 12.0 Å². The van der Waals surface area contributed by atoms with E-state index in [0.717, 1.165) is 31.9 Å². The van der Waals surface area contributed by atoms with Crippen LogP contribution in [0.4, 0.5) is 10.1 Å². The normalized spacial score (nSPS) is 25.4. The third-order valence-electron chi connectivity index (χ3n) is 3.80. The molecule has 0 amide bonds. The van der Waals surface area contributed by atoms with Gasteiger partial charge in [0, 0.05) is 37.9 Å². The fourth-order valence-electron chi connectivity index (χ4n) is 2.88. The molecule has 1 N–H and O–H groups in total. The molecule has 4 heteroatoms. The standard InChI is InChI=1S/C15H24FN3/c1-12-9-18(3)15(8-17-2)11-19(10-12)14-6-4-5-13(16)7-14/h4-7,12,15,17H,8-11H2,1-3H3. The summed E-state index contributed by atoms with van der Waals surface area (Å²) in [5, 5.41) is 3.25. The summed E-state index contributed by atoms with van der Waals surface area (Å²) in [5.74, 6) is 0.419. The molecule has 1 fully saturated rings. The maximum Gasteiger partial charge on any atom is 0.125 e. The molecule has 2 rings (SSSR count). The minimum atomic E-state index is -0.159. The lowest BCUT2D eigenvalue weighted by molar-refractivity contribution is 0.236. The fraction of sp³-hybridized carbons (Fsp3) is 0.600. The lowest BCUT2D eigenvalue weighted by atomic mass is 10.1. The van der Waals surface area contributed by atoms with Crippen molar-refractivity contribution in [3.63, 3.8) is 0 Å². The van der Waals surface area contributed by atoms with E-state index in [1.54, 1.807) is 12.1 Å². The van der Waals surface area contributed by atoms with Crippen molar-refractivity contribution in [2.75, 3.05) is 45.2 Å². The Bertz CT molecular complexity index is 410. The summed E-state index contributed by atoms with van der Waals surface area (Å²) >= 11 is 0. The van der Waals surface area contributed by atoms with Crippen LogP contribution in [-0.2, 0) is 0 Å². The summed E-state index contributed by atoms with van der Waals surface area (Å²) in [6, 6.07) is 7.38. The number of likely N-dealkylation sites (N-methyl/N-ethyl adjacent to an activating group) is 2. The van der Waals surface area contributed by atoms with Crippen molar-refractivity contribution >= 4 is 5.69 Å². The quantitative estimate of drug-likeness (QED) is 0.899. The molecule has 106 valence electrons. The Labute approximate surface area is 115 Å². The predicted octanol–water partition coefficient (Wildman–Crippen LogP) is 1.80. The molecule has 19 heavy (non-hydrogen) atoms. The van der Waals surface area contributed by atoms with Gasteiger partial charge in [0.15, 0.2) is 0 Å². The van der Waals surface area contributed by atoms with Crippen LogP contribution in [0.15, 0.2) is 24.3 Å². The van der Waals surface area contributed by atoms with Crippen molar-refractivity contribution in [1.29, 1.82) is 0 Å². The average molecular weight is 265 g/mol. The van der Waals surface area contributed by atoms with Crippen molar-refractivity contribution in [1.82, 2.24) is 10.2 Å². The molecular formula is C15H24FN3. The lowest BCUT2D eigenvalue weighted by Gasteiger charge is -2.30. The van der Waals surface area contributed by atoms with Gasteiger partial charge in [0.25, 0.3) is 0 Å². The largest absolute Gasteiger partial charge is 0.370 e. The van der Waals surface area contributed by atoms with Crippen LogP contribution in [0.3, 0.4) is 0 Å². The van der Waals surface area contributed by atoms with Gasteiger partial charge in [0.2, 0.25) is 0 Å². The second-order valence-electron chi connectivity index (χ2n) is 5.64. The van der Waals surface area contributed by atoms with E-state index in [9.17, 15) is 4.39 Å². The molecule has 3 nitrogen and oxygen atoms in total. The molecule has 0 aliphatic carbocycles. The molecule has 1 aromatic carbocycles. The smallest absolute Gasteiger partial charge is 0.125 e. The Morgan fingerprint density at radius 2 is 2.11 bits per heavy atom. The third kappa shape index (κ3) is 3.67. The van der Waals surface area contributed by atoms with Crippen molar-refractivity contribution in [2.24, 2.45) is 5.92 Å². The first-order valence-corrected chi connectivity index (χ1v) is 6.95. The number of rotatable bonds is 3. The van der Waals surface area contributed by atoms with Crippen molar-refractivity contribution < 1.29 is 4.39 Å². The lowest BCUT2D eigenvalue weighted by Crippen LogP contribution is -2.44. The molecule has 0 aromatic heterocycles. The van der Waals surface area contributed by atoms with Crippen molar-refractivity contribution in [3.05, 3.63) is 30.1 Å². The highest BCUT2D eigenvalue weighted by atomic mass is 19.1. The summed E-state index contributed by atoms with van der Waals surface area (Å²) in [4.78, 5) is 4.71. The van der Waals surface area contributed by atoms with E-state index in [4.69, 9.17) is 0 Å². The van der Waals surface area contributed by atoms with Gasteiger partial charge < -0.3 is 15.1 Å². The zero-order chi connectivity index (χ0) is 13.8. The Hall–Kier alpha value is -1.13. The number of nitrogens with zero attached hydrogens (tertiary/aromatic N) is 2. The second kappa shape index (κ2) is 6.35. The number of anilines is 1. The van der Waals surface area contributed by atoms with Gasteiger partial charge in [-0.1, -0.05) is 13.0 Å². The Balaban J connectivity index is 2.18. The summed E-state index contributed by atoms with van der Waals surface area (Å²) in [6.45, 7) is 6.21. The van der Waals surface area contributed by atoms with Gasteiger partial charge in [0.05, 0.1) is 0 Å². The van der Waals surface area contributed by atoms with E-state index >= 15 is 0 Å². The molecule has 1 heterocycles. The highest BCUT2D eigenvalue weighted by Crippen LogP contribution is 2.21. The minimum Gasteiger partial charge on any atom is -0.370 e. The van der Waals surface area contributed by atoms with Gasteiger partial charge in [-0.05, 0) is 38.2 Å². The van der Waals surface area contributed by atoms with Gasteiger partial charge in [-0.2, -0.15) is 0 Å². The predicted molar refractivity (Wildman–Crippen MR) is 78.1 cm³/mol. The Kier molecular flexibility index (Phi) is 4.77. The van der Waals surface area contributed by atoms with E-state index in [1.807, 2.05) is 13.1 Å². The van der Waals surface area contributed by atoms with Gasteiger partial charge >= 0.3 is 0 Å². The molecule has 1 aliphatic heterocycles. The maximum absolute atomic E-state index is 13.4. The van der Waals surface area contributed by atoms with Crippen LogP contribution in [-0.4, -0.2) is 51.2 Å². The Morgan fingerprint density at radius 3 is 2.79 bits per heavy atom. The SMILES string of the molecule is CNCC1CN(c2cccc(F)c2)CC(C)CN1C. The number of hydrogen-bond donors (Lipinski definition) is 1. The van der Waals surface area contributed by atoms with E-state index < -0.39 is 0 Å². The van der Waals surface area contributed by atoms with Gasteiger partial charge in [0.1, 0.15) is 5.82 Å². The molecule has 0 saturated carbocycles. The van der Waals surface area contributed by atoms with Crippen LogP contribution in [0.25, 0.3) is 0 Å². The number of benzene rings is 1. The molecule has 0 radical (unpaired) electrons. The van der Waals surface area contributed by atoms with Gasteiger partial charge in [-0.25, -0.2) is 4.39 Å². The highest BCUT2D eigenvalue weighted by molar-refractivity contribution is 5.47. The average Bonchev–Trinajstić information content (AvgIpc) is 2.49. The minimum absolute atomic E-state index is 0.159. The van der Waals surface area contributed by atoms with E-state index in [-0.39, 0.29) is 5.82 Å². The monoisotopic (exact) mass is 265 g/mol. The summed E-state index contributed by atoms with van der Waals surface area (Å²) in [5.41, 5.74) is 0.989. The first kappa shape index (κ1) is 14.3. The molecule has 1 aliphatic rings. The van der Waals surface area contributed by atoms with E-state index in [2.05, 4.69) is 29.1 Å². The van der Waals surface area contributed by atoms with E-state index in [1.165, 1.54) is 6.07 Å². The van der Waals surface area contributed by atoms with Crippen molar-refractivity contribution in [2.45, 2.75) is 13.0 Å². The molecule has 1 saturated heterocycles. The van der Waals surface area contributed by atoms with Crippen LogP contribution in [0.2, 0.25) is 0 Å². The zero-order valence-corrected chi connectivity index (χ0v) is 12.1. The fourth-order valence-corrected chi connectivity index (χ4v) is 2.88. The third-order valence-corrected chi connectivity index (χ3v) is 3.80. The second-order valence-corrected chi connectivity index (χ2v) is 5.64. The van der Waals surface area contributed by atoms with Gasteiger partial charge in [-0.15, -0.1) is 0 Å². The Morgan fingerprint density at radius 1 is 1.32 bits per heavy atom. The maximum atomic E-state index is 13.4. The molecular weight excluding hydrogens is 241 g/mol. The molecule has 2 atom stereocenters. The topological polar surface area (TPSA) is 18.5 Å². The van der Waals surface area contributed by atoms with Crippen LogP contribution >= 0.6 is 0 Å². The van der Waals surface area contributed by atoms with Gasteiger partial charge in [-0.3, -0.25) is 0 Å². The summed E-state index contributed by atoms with van der Waals surface area (Å²) in [7, 11) is 4.16. The number of halogens is 1. The van der Waals surface area contributed by atoms with Crippen LogP contribution in [0.1, 0.15) is 6.92 Å². The first-order valence-electron chi connectivity index (χ1n) is 6.95. The highest BCUT2D eigenvalue weighted by Gasteiger charge is 2.25. The first-order chi connectivity index (χ1) is 9.10. The van der Waals surface area contributed by atoms with Crippen LogP contribution in [0.5, 0.6) is 0 Å². The number of hydrogen-bond acceptors (Lipinski definition) is 3. The summed E-state index contributed by atoms with van der Waals surface area (Å²) < 4.78 is 13.4.